The first-order valence-electron chi connectivity index (χ1n) is 6.36. The van der Waals surface area contributed by atoms with Crippen molar-refractivity contribution in [2.45, 2.75) is 24.8 Å². The minimum atomic E-state index is -0.540. The van der Waals surface area contributed by atoms with Gasteiger partial charge in [0.2, 0.25) is 5.91 Å². The van der Waals surface area contributed by atoms with Crippen molar-refractivity contribution in [2.24, 2.45) is 10.8 Å². The highest BCUT2D eigenvalue weighted by atomic mass is 16.1. The topological polar surface area (TPSA) is 104 Å². The number of amides is 1. The van der Waals surface area contributed by atoms with Gasteiger partial charge in [-0.25, -0.2) is 0 Å². The number of carbonyl (C=O) groups excluding carboxylic acids is 1. The third kappa shape index (κ3) is 3.71. The van der Waals surface area contributed by atoms with Gasteiger partial charge in [-0.05, 0) is 35.4 Å². The van der Waals surface area contributed by atoms with Gasteiger partial charge in [-0.2, -0.15) is 0 Å². The van der Waals surface area contributed by atoms with Crippen molar-refractivity contribution in [2.75, 3.05) is 13.1 Å². The van der Waals surface area contributed by atoms with Crippen molar-refractivity contribution >= 4 is 5.91 Å². The summed E-state index contributed by atoms with van der Waals surface area (Å²) in [5, 5.41) is 6.40. The fourth-order valence-corrected chi connectivity index (χ4v) is 2.06. The summed E-state index contributed by atoms with van der Waals surface area (Å²) in [4.78, 5) is 14.1. The number of hydrogen-bond donors (Lipinski definition) is 2. The number of benzene rings is 1. The summed E-state index contributed by atoms with van der Waals surface area (Å²) in [5.74, 6) is 0.263. The number of nitrogens with one attached hydrogen (secondary N) is 1. The van der Waals surface area contributed by atoms with Crippen LogP contribution in [0.5, 0.6) is 0 Å². The average Bonchev–Trinajstić information content (AvgIpc) is 3.23. The third-order valence-corrected chi connectivity index (χ3v) is 3.23. The molecule has 0 spiro atoms. The summed E-state index contributed by atoms with van der Waals surface area (Å²) >= 11 is 0. The molecule has 0 saturated heterocycles. The number of primary amides is 1. The number of rotatable bonds is 7. The number of azide groups is 1. The molecule has 1 fully saturated rings. The average molecular weight is 259 g/mol. The van der Waals surface area contributed by atoms with Gasteiger partial charge in [-0.15, -0.1) is 0 Å². The van der Waals surface area contributed by atoms with Crippen molar-refractivity contribution in [3.8, 4) is 0 Å². The van der Waals surface area contributed by atoms with E-state index in [1.165, 1.54) is 18.4 Å². The highest BCUT2D eigenvalue weighted by Crippen LogP contribution is 2.40. The molecule has 6 heteroatoms. The second kappa shape index (κ2) is 6.22. The predicted octanol–water partition coefficient (Wildman–Crippen LogP) is 1.99. The zero-order valence-corrected chi connectivity index (χ0v) is 10.6. The van der Waals surface area contributed by atoms with Crippen LogP contribution < -0.4 is 11.1 Å². The Morgan fingerprint density at radius 3 is 2.68 bits per heavy atom. The van der Waals surface area contributed by atoms with Crippen LogP contribution in [0.15, 0.2) is 29.4 Å². The number of hydrogen-bond acceptors (Lipinski definition) is 3. The first-order chi connectivity index (χ1) is 9.22. The molecular formula is C13H17N5O. The van der Waals surface area contributed by atoms with Gasteiger partial charge in [0, 0.05) is 18.0 Å². The van der Waals surface area contributed by atoms with Crippen molar-refractivity contribution in [1.82, 2.24) is 5.32 Å². The van der Waals surface area contributed by atoms with E-state index < -0.39 is 11.9 Å². The maximum absolute atomic E-state index is 11.5. The lowest BCUT2D eigenvalue weighted by Crippen LogP contribution is -2.34. The maximum Gasteiger partial charge on any atom is 0.239 e. The predicted molar refractivity (Wildman–Crippen MR) is 72.4 cm³/mol. The Kier molecular flexibility index (Phi) is 4.39. The summed E-state index contributed by atoms with van der Waals surface area (Å²) in [7, 11) is 0. The molecule has 0 aromatic heterocycles. The van der Waals surface area contributed by atoms with Crippen LogP contribution in [0.3, 0.4) is 0 Å². The van der Waals surface area contributed by atoms with Crippen LogP contribution in [0, 0.1) is 0 Å². The van der Waals surface area contributed by atoms with Gasteiger partial charge in [0.05, 0.1) is 0 Å². The fourth-order valence-electron chi connectivity index (χ4n) is 2.06. The summed E-state index contributed by atoms with van der Waals surface area (Å²) < 4.78 is 0. The molecule has 19 heavy (non-hydrogen) atoms. The van der Waals surface area contributed by atoms with Crippen LogP contribution in [0.25, 0.3) is 10.4 Å². The van der Waals surface area contributed by atoms with Crippen LogP contribution in [0.2, 0.25) is 0 Å². The lowest BCUT2D eigenvalue weighted by molar-refractivity contribution is -0.120. The van der Waals surface area contributed by atoms with E-state index in [2.05, 4.69) is 27.5 Å². The van der Waals surface area contributed by atoms with Gasteiger partial charge >= 0.3 is 0 Å². The molecule has 6 nitrogen and oxygen atoms in total. The van der Waals surface area contributed by atoms with E-state index in [9.17, 15) is 4.79 Å². The normalized spacial score (nSPS) is 15.6. The Labute approximate surface area is 111 Å². The maximum atomic E-state index is 11.5. The first-order valence-corrected chi connectivity index (χ1v) is 6.36. The first kappa shape index (κ1) is 13.4. The van der Waals surface area contributed by atoms with Gasteiger partial charge in [0.1, 0.15) is 6.04 Å². The highest BCUT2D eigenvalue weighted by Gasteiger charge is 2.24. The standard InChI is InChI=1S/C13H17N5O/c14-13(19)12(16-7-8-17-18-15)11-5-3-10(4-6-11)9-1-2-9/h3-6,9,12,16H,1-2,7-8H2,(H2,14,19). The fraction of sp³-hybridized carbons (Fsp3) is 0.462. The summed E-state index contributed by atoms with van der Waals surface area (Å²) in [6, 6.07) is 7.44. The Bertz CT molecular complexity index is 488. The molecule has 0 bridgehead atoms. The van der Waals surface area contributed by atoms with Gasteiger partial charge in [-0.3, -0.25) is 4.79 Å². The Morgan fingerprint density at radius 2 is 2.16 bits per heavy atom. The van der Waals surface area contributed by atoms with Gasteiger partial charge < -0.3 is 11.1 Å². The number of nitrogens with zero attached hydrogens (tertiary/aromatic N) is 3. The van der Waals surface area contributed by atoms with Crippen molar-refractivity contribution in [3.63, 3.8) is 0 Å². The molecule has 1 atom stereocenters. The third-order valence-electron chi connectivity index (χ3n) is 3.23. The van der Waals surface area contributed by atoms with Gasteiger partial charge in [-0.1, -0.05) is 29.4 Å². The molecular weight excluding hydrogens is 242 g/mol. The smallest absolute Gasteiger partial charge is 0.239 e. The molecule has 1 unspecified atom stereocenters. The molecule has 1 aliphatic carbocycles. The minimum Gasteiger partial charge on any atom is -0.368 e. The SMILES string of the molecule is [N-]=[N+]=NCCNC(C(N)=O)c1ccc(C2CC2)cc1. The van der Waals surface area contributed by atoms with Crippen LogP contribution >= 0.6 is 0 Å². The van der Waals surface area contributed by atoms with E-state index in [-0.39, 0.29) is 0 Å². The summed E-state index contributed by atoms with van der Waals surface area (Å²) in [6.07, 6.45) is 2.51. The molecule has 100 valence electrons. The van der Waals surface area contributed by atoms with Crippen molar-refractivity contribution in [3.05, 3.63) is 45.8 Å². The zero-order chi connectivity index (χ0) is 13.7. The van der Waals surface area contributed by atoms with E-state index in [0.29, 0.717) is 19.0 Å². The minimum absolute atomic E-state index is 0.292. The Hall–Kier alpha value is -2.04. The lowest BCUT2D eigenvalue weighted by atomic mass is 10.0. The zero-order valence-electron chi connectivity index (χ0n) is 10.6. The molecule has 2 rings (SSSR count). The Balaban J connectivity index is 2.00. The largest absolute Gasteiger partial charge is 0.368 e. The van der Waals surface area contributed by atoms with E-state index >= 15 is 0 Å². The summed E-state index contributed by atoms with van der Waals surface area (Å²) in [6.45, 7) is 0.711. The Morgan fingerprint density at radius 1 is 1.47 bits per heavy atom. The lowest BCUT2D eigenvalue weighted by Gasteiger charge is -2.15. The number of carbonyl (C=O) groups is 1. The second-order valence-corrected chi connectivity index (χ2v) is 4.68. The second-order valence-electron chi connectivity index (χ2n) is 4.68. The van der Waals surface area contributed by atoms with Gasteiger partial charge in [0.25, 0.3) is 0 Å². The quantitative estimate of drug-likeness (QED) is 0.338. The van der Waals surface area contributed by atoms with Crippen LogP contribution in [-0.4, -0.2) is 19.0 Å². The van der Waals surface area contributed by atoms with Crippen LogP contribution in [-0.2, 0) is 4.79 Å². The van der Waals surface area contributed by atoms with Gasteiger partial charge in [0.15, 0.2) is 0 Å². The monoisotopic (exact) mass is 259 g/mol. The van der Waals surface area contributed by atoms with Crippen molar-refractivity contribution < 1.29 is 4.79 Å². The van der Waals surface area contributed by atoms with E-state index in [0.717, 1.165) is 5.56 Å². The number of nitrogens with two attached hydrogens (primary N) is 1. The molecule has 0 heterocycles. The molecule has 1 aromatic carbocycles. The molecule has 1 saturated carbocycles. The van der Waals surface area contributed by atoms with Crippen LogP contribution in [0.1, 0.15) is 35.9 Å². The molecule has 0 radical (unpaired) electrons. The molecule has 0 aliphatic heterocycles. The molecule has 1 aliphatic rings. The van der Waals surface area contributed by atoms with E-state index in [4.69, 9.17) is 11.3 Å². The molecule has 1 amide bonds. The molecule has 3 N–H and O–H groups in total. The van der Waals surface area contributed by atoms with Crippen LogP contribution in [0.4, 0.5) is 0 Å². The highest BCUT2D eigenvalue weighted by molar-refractivity contribution is 5.81. The van der Waals surface area contributed by atoms with Crippen molar-refractivity contribution in [1.29, 1.82) is 0 Å². The van der Waals surface area contributed by atoms with E-state index in [1.807, 2.05) is 12.1 Å². The summed E-state index contributed by atoms with van der Waals surface area (Å²) in [5.41, 5.74) is 15.7. The van der Waals surface area contributed by atoms with E-state index in [1.54, 1.807) is 0 Å². The molecule has 1 aromatic rings.